The molecule has 0 amide bonds. The first kappa shape index (κ1) is 17.4. The van der Waals surface area contributed by atoms with Crippen molar-refractivity contribution in [2.24, 2.45) is 0 Å². The van der Waals surface area contributed by atoms with Crippen LogP contribution >= 0.6 is 11.6 Å². The maximum absolute atomic E-state index is 8.86. The number of halogens is 1. The highest BCUT2D eigenvalue weighted by molar-refractivity contribution is 6.32. The molecule has 27 heavy (non-hydrogen) atoms. The summed E-state index contributed by atoms with van der Waals surface area (Å²) in [5.74, 6) is 3.01. The standard InChI is InChI=1S/C21H18ClN3O2/c22-19-12-15(14-23)4-7-20(19)27-11-10-26-18-3-1-2-17(13-18)25-9-8-24-21(25)16-5-6-16/h1-4,7-9,12-13,16H,5-6,10-11H2. The van der Waals surface area contributed by atoms with Crippen molar-refractivity contribution in [3.05, 3.63) is 71.3 Å². The molecular formula is C21H18ClN3O2. The third-order valence-electron chi connectivity index (χ3n) is 4.38. The molecule has 0 atom stereocenters. The van der Waals surface area contributed by atoms with Gasteiger partial charge in [0.25, 0.3) is 0 Å². The second-order valence-corrected chi connectivity index (χ2v) is 6.79. The number of hydrogen-bond acceptors (Lipinski definition) is 4. The molecule has 1 aromatic heterocycles. The number of nitriles is 1. The molecule has 0 radical (unpaired) electrons. The molecule has 2 aromatic carbocycles. The van der Waals surface area contributed by atoms with Crippen LogP contribution in [-0.2, 0) is 0 Å². The van der Waals surface area contributed by atoms with Gasteiger partial charge in [-0.1, -0.05) is 17.7 Å². The quantitative estimate of drug-likeness (QED) is 0.556. The molecule has 4 rings (SSSR count). The largest absolute Gasteiger partial charge is 0.490 e. The molecule has 0 bridgehead atoms. The van der Waals surface area contributed by atoms with Gasteiger partial charge in [-0.25, -0.2) is 4.98 Å². The Morgan fingerprint density at radius 3 is 2.78 bits per heavy atom. The number of imidazole rings is 1. The minimum absolute atomic E-state index is 0.355. The molecule has 1 saturated carbocycles. The van der Waals surface area contributed by atoms with E-state index in [1.165, 1.54) is 12.8 Å². The highest BCUT2D eigenvalue weighted by atomic mass is 35.5. The lowest BCUT2D eigenvalue weighted by atomic mass is 10.2. The molecule has 3 aromatic rings. The summed E-state index contributed by atoms with van der Waals surface area (Å²) in [7, 11) is 0. The first-order valence-corrected chi connectivity index (χ1v) is 9.21. The van der Waals surface area contributed by atoms with E-state index in [4.69, 9.17) is 26.3 Å². The maximum Gasteiger partial charge on any atom is 0.138 e. The highest BCUT2D eigenvalue weighted by Gasteiger charge is 2.28. The molecule has 1 heterocycles. The summed E-state index contributed by atoms with van der Waals surface area (Å²) >= 11 is 6.10. The molecular weight excluding hydrogens is 362 g/mol. The van der Waals surface area contributed by atoms with Crippen LogP contribution in [0.1, 0.15) is 30.1 Å². The Kier molecular flexibility index (Phi) is 4.99. The first-order valence-electron chi connectivity index (χ1n) is 8.83. The van der Waals surface area contributed by atoms with Gasteiger partial charge in [-0.2, -0.15) is 5.26 Å². The Labute approximate surface area is 162 Å². The second kappa shape index (κ2) is 7.73. The van der Waals surface area contributed by atoms with Crippen LogP contribution < -0.4 is 9.47 Å². The van der Waals surface area contributed by atoms with E-state index in [0.29, 0.717) is 35.5 Å². The third kappa shape index (κ3) is 4.07. The predicted octanol–water partition coefficient (Wildman–Crippen LogP) is 4.73. The SMILES string of the molecule is N#Cc1ccc(OCCOc2cccc(-n3ccnc3C3CC3)c2)c(Cl)c1. The molecule has 6 heteroatoms. The summed E-state index contributed by atoms with van der Waals surface area (Å²) in [6, 6.07) is 14.9. The van der Waals surface area contributed by atoms with E-state index in [1.54, 1.807) is 18.2 Å². The minimum atomic E-state index is 0.355. The highest BCUT2D eigenvalue weighted by Crippen LogP contribution is 2.40. The molecule has 0 unspecified atom stereocenters. The summed E-state index contributed by atoms with van der Waals surface area (Å²) in [6.07, 6.45) is 6.25. The zero-order chi connectivity index (χ0) is 18.6. The summed E-state index contributed by atoms with van der Waals surface area (Å²) in [5.41, 5.74) is 1.55. The van der Waals surface area contributed by atoms with Crippen LogP contribution in [0.4, 0.5) is 0 Å². The Morgan fingerprint density at radius 2 is 2.00 bits per heavy atom. The Hall–Kier alpha value is -2.97. The van der Waals surface area contributed by atoms with Gasteiger partial charge in [0.1, 0.15) is 30.5 Å². The van der Waals surface area contributed by atoms with Gasteiger partial charge in [0.15, 0.2) is 0 Å². The smallest absolute Gasteiger partial charge is 0.138 e. The van der Waals surface area contributed by atoms with Crippen LogP contribution in [0.3, 0.4) is 0 Å². The van der Waals surface area contributed by atoms with E-state index < -0.39 is 0 Å². The topological polar surface area (TPSA) is 60.1 Å². The van der Waals surface area contributed by atoms with Crippen molar-refractivity contribution in [1.82, 2.24) is 9.55 Å². The van der Waals surface area contributed by atoms with Crippen molar-refractivity contribution in [1.29, 1.82) is 5.26 Å². The number of benzene rings is 2. The van der Waals surface area contributed by atoms with Gasteiger partial charge < -0.3 is 14.0 Å². The van der Waals surface area contributed by atoms with E-state index in [2.05, 4.69) is 9.55 Å². The van der Waals surface area contributed by atoms with Crippen molar-refractivity contribution >= 4 is 11.6 Å². The van der Waals surface area contributed by atoms with Crippen molar-refractivity contribution in [3.63, 3.8) is 0 Å². The van der Waals surface area contributed by atoms with E-state index in [0.717, 1.165) is 17.3 Å². The fraction of sp³-hybridized carbons (Fsp3) is 0.238. The minimum Gasteiger partial charge on any atom is -0.490 e. The van der Waals surface area contributed by atoms with Crippen LogP contribution in [0.2, 0.25) is 5.02 Å². The van der Waals surface area contributed by atoms with Crippen LogP contribution in [0.15, 0.2) is 54.9 Å². The fourth-order valence-electron chi connectivity index (χ4n) is 2.90. The maximum atomic E-state index is 8.86. The van der Waals surface area contributed by atoms with E-state index in [-0.39, 0.29) is 0 Å². The van der Waals surface area contributed by atoms with Gasteiger partial charge in [0, 0.05) is 24.4 Å². The molecule has 1 fully saturated rings. The monoisotopic (exact) mass is 379 g/mol. The van der Waals surface area contributed by atoms with Gasteiger partial charge in [-0.3, -0.25) is 0 Å². The van der Waals surface area contributed by atoms with Crippen molar-refractivity contribution in [2.75, 3.05) is 13.2 Å². The van der Waals surface area contributed by atoms with Gasteiger partial charge in [0.05, 0.1) is 22.3 Å². The average Bonchev–Trinajstić information content (AvgIpc) is 3.42. The molecule has 5 nitrogen and oxygen atoms in total. The number of ether oxygens (including phenoxy) is 2. The lowest BCUT2D eigenvalue weighted by Gasteiger charge is -2.12. The molecule has 1 aliphatic carbocycles. The van der Waals surface area contributed by atoms with Crippen molar-refractivity contribution in [2.45, 2.75) is 18.8 Å². The van der Waals surface area contributed by atoms with Crippen LogP contribution in [0.5, 0.6) is 11.5 Å². The fourth-order valence-corrected chi connectivity index (χ4v) is 3.13. The van der Waals surface area contributed by atoms with E-state index in [1.807, 2.05) is 42.7 Å². The third-order valence-corrected chi connectivity index (χ3v) is 4.67. The first-order chi connectivity index (χ1) is 13.2. The van der Waals surface area contributed by atoms with E-state index in [9.17, 15) is 0 Å². The molecule has 0 saturated heterocycles. The zero-order valence-electron chi connectivity index (χ0n) is 14.6. The molecule has 0 N–H and O–H groups in total. The number of nitrogens with zero attached hydrogens (tertiary/aromatic N) is 3. The van der Waals surface area contributed by atoms with Gasteiger partial charge in [-0.05, 0) is 43.2 Å². The van der Waals surface area contributed by atoms with Crippen LogP contribution in [0, 0.1) is 11.3 Å². The van der Waals surface area contributed by atoms with Gasteiger partial charge >= 0.3 is 0 Å². The Bertz CT molecular complexity index is 989. The number of hydrogen-bond donors (Lipinski definition) is 0. The van der Waals surface area contributed by atoms with Crippen molar-refractivity contribution < 1.29 is 9.47 Å². The van der Waals surface area contributed by atoms with Crippen LogP contribution in [0.25, 0.3) is 5.69 Å². The summed E-state index contributed by atoms with van der Waals surface area (Å²) < 4.78 is 13.6. The lowest BCUT2D eigenvalue weighted by Crippen LogP contribution is -2.09. The average molecular weight is 380 g/mol. The van der Waals surface area contributed by atoms with E-state index >= 15 is 0 Å². The van der Waals surface area contributed by atoms with Crippen molar-refractivity contribution in [3.8, 4) is 23.3 Å². The predicted molar refractivity (Wildman–Crippen MR) is 103 cm³/mol. The second-order valence-electron chi connectivity index (χ2n) is 6.38. The Morgan fingerprint density at radius 1 is 1.15 bits per heavy atom. The summed E-state index contributed by atoms with van der Waals surface area (Å²) in [5, 5.41) is 9.28. The normalized spacial score (nSPS) is 13.2. The molecule has 0 aliphatic heterocycles. The van der Waals surface area contributed by atoms with Gasteiger partial charge in [0.2, 0.25) is 0 Å². The summed E-state index contributed by atoms with van der Waals surface area (Å²) in [4.78, 5) is 4.48. The van der Waals surface area contributed by atoms with Crippen LogP contribution in [-0.4, -0.2) is 22.8 Å². The molecule has 136 valence electrons. The summed E-state index contributed by atoms with van der Waals surface area (Å²) in [6.45, 7) is 0.743. The molecule has 1 aliphatic rings. The zero-order valence-corrected chi connectivity index (χ0v) is 15.4. The number of rotatable bonds is 7. The molecule has 0 spiro atoms. The van der Waals surface area contributed by atoms with Gasteiger partial charge in [-0.15, -0.1) is 0 Å². The lowest BCUT2D eigenvalue weighted by molar-refractivity contribution is 0.217. The Balaban J connectivity index is 1.35. The number of aromatic nitrogens is 2.